The second kappa shape index (κ2) is 5.66. The maximum absolute atomic E-state index is 11.5. The van der Waals surface area contributed by atoms with Crippen molar-refractivity contribution < 1.29 is 14.7 Å². The van der Waals surface area contributed by atoms with E-state index < -0.39 is 5.97 Å². The van der Waals surface area contributed by atoms with Gasteiger partial charge in [-0.15, -0.1) is 0 Å². The Morgan fingerprint density at radius 2 is 2.33 bits per heavy atom. The zero-order valence-corrected chi connectivity index (χ0v) is 9.34. The minimum absolute atomic E-state index is 0.00410. The number of carboxylic acid groups (broad SMARTS) is 1. The summed E-state index contributed by atoms with van der Waals surface area (Å²) in [5.74, 6) is 5.40. The Kier molecular flexibility index (Phi) is 4.50. The van der Waals surface area contributed by atoms with E-state index in [9.17, 15) is 9.59 Å². The van der Waals surface area contributed by atoms with Crippen LogP contribution in [0.2, 0.25) is 0 Å². The number of hydrogen-bond acceptors (Lipinski definition) is 3. The van der Waals surface area contributed by atoms with Crippen LogP contribution in [0.1, 0.15) is 13.3 Å². The van der Waals surface area contributed by atoms with Gasteiger partial charge in [-0.05, 0) is 12.8 Å². The van der Waals surface area contributed by atoms with Crippen molar-refractivity contribution in [1.82, 2.24) is 4.90 Å². The smallest absolute Gasteiger partial charge is 0.305 e. The van der Waals surface area contributed by atoms with Crippen LogP contribution >= 0.6 is 11.8 Å². The van der Waals surface area contributed by atoms with Gasteiger partial charge in [-0.1, -0.05) is 5.92 Å². The number of hydrogen-bond donors (Lipinski definition) is 1. The van der Waals surface area contributed by atoms with E-state index in [1.807, 2.05) is 0 Å². The molecule has 1 saturated heterocycles. The largest absolute Gasteiger partial charge is 0.481 e. The summed E-state index contributed by atoms with van der Waals surface area (Å²) in [6, 6.07) is -0.213. The second-order valence-electron chi connectivity index (χ2n) is 3.20. The first-order chi connectivity index (χ1) is 7.15. The van der Waals surface area contributed by atoms with Gasteiger partial charge in [0.1, 0.15) is 0 Å². The minimum atomic E-state index is -0.871. The summed E-state index contributed by atoms with van der Waals surface area (Å²) >= 11 is 1.68. The van der Waals surface area contributed by atoms with Crippen molar-refractivity contribution in [3.63, 3.8) is 0 Å². The summed E-state index contributed by atoms with van der Waals surface area (Å²) in [5, 5.41) is 8.71. The zero-order valence-electron chi connectivity index (χ0n) is 8.52. The lowest BCUT2D eigenvalue weighted by Crippen LogP contribution is -2.46. The topological polar surface area (TPSA) is 57.6 Å². The predicted molar refractivity (Wildman–Crippen MR) is 58.5 cm³/mol. The van der Waals surface area contributed by atoms with E-state index in [4.69, 9.17) is 5.11 Å². The number of amides is 1. The van der Waals surface area contributed by atoms with Crippen LogP contribution < -0.4 is 0 Å². The number of rotatable bonds is 2. The molecular formula is C10H13NO3S. The highest BCUT2D eigenvalue weighted by atomic mass is 32.2. The van der Waals surface area contributed by atoms with Gasteiger partial charge in [-0.3, -0.25) is 9.59 Å². The van der Waals surface area contributed by atoms with Crippen molar-refractivity contribution in [1.29, 1.82) is 0 Å². The van der Waals surface area contributed by atoms with Gasteiger partial charge in [0, 0.05) is 18.1 Å². The molecule has 1 atom stereocenters. The molecule has 0 aliphatic carbocycles. The maximum Gasteiger partial charge on any atom is 0.305 e. The standard InChI is InChI=1S/C10H13NO3S/c1-2-3-9(12)11-4-5-15-7-8(11)6-10(13)14/h8H,4-7H2,1H3,(H,13,14). The average Bonchev–Trinajstić information content (AvgIpc) is 2.18. The molecule has 0 aromatic carbocycles. The quantitative estimate of drug-likeness (QED) is 0.695. The van der Waals surface area contributed by atoms with Gasteiger partial charge in [0.15, 0.2) is 0 Å². The molecule has 0 spiro atoms. The van der Waals surface area contributed by atoms with Crippen LogP contribution in [0.4, 0.5) is 0 Å². The second-order valence-corrected chi connectivity index (χ2v) is 4.35. The third-order valence-electron chi connectivity index (χ3n) is 2.13. The van der Waals surface area contributed by atoms with Gasteiger partial charge in [0.2, 0.25) is 0 Å². The van der Waals surface area contributed by atoms with Gasteiger partial charge < -0.3 is 10.0 Å². The summed E-state index contributed by atoms with van der Waals surface area (Å²) in [5.41, 5.74) is 0. The summed E-state index contributed by atoms with van der Waals surface area (Å²) in [4.78, 5) is 23.7. The molecule has 15 heavy (non-hydrogen) atoms. The van der Waals surface area contributed by atoms with Gasteiger partial charge in [0.05, 0.1) is 12.5 Å². The van der Waals surface area contributed by atoms with E-state index >= 15 is 0 Å². The number of carboxylic acids is 1. The van der Waals surface area contributed by atoms with Crippen molar-refractivity contribution in [3.8, 4) is 11.8 Å². The Balaban J connectivity index is 2.67. The van der Waals surface area contributed by atoms with Crippen LogP contribution in [0.15, 0.2) is 0 Å². The van der Waals surface area contributed by atoms with Crippen molar-refractivity contribution in [2.45, 2.75) is 19.4 Å². The fourth-order valence-corrected chi connectivity index (χ4v) is 2.53. The third kappa shape index (κ3) is 3.48. The number of carbonyl (C=O) groups excluding carboxylic acids is 1. The summed E-state index contributed by atoms with van der Waals surface area (Å²) < 4.78 is 0. The number of aliphatic carboxylic acids is 1. The van der Waals surface area contributed by atoms with Crippen molar-refractivity contribution in [2.24, 2.45) is 0 Å². The SMILES string of the molecule is CC#CC(=O)N1CCSCC1CC(=O)O. The molecule has 0 aromatic heterocycles. The van der Waals surface area contributed by atoms with E-state index in [0.717, 1.165) is 5.75 Å². The Bertz CT molecular complexity index is 318. The molecule has 1 unspecified atom stereocenters. The zero-order chi connectivity index (χ0) is 11.3. The van der Waals surface area contributed by atoms with Crippen LogP contribution in [-0.4, -0.2) is 46.0 Å². The molecule has 1 aliphatic heterocycles. The minimum Gasteiger partial charge on any atom is -0.481 e. The van der Waals surface area contributed by atoms with E-state index in [1.165, 1.54) is 0 Å². The lowest BCUT2D eigenvalue weighted by Gasteiger charge is -2.33. The molecule has 0 bridgehead atoms. The van der Waals surface area contributed by atoms with E-state index in [1.54, 1.807) is 23.6 Å². The molecule has 4 nitrogen and oxygen atoms in total. The molecule has 0 saturated carbocycles. The lowest BCUT2D eigenvalue weighted by molar-refractivity contribution is -0.139. The van der Waals surface area contributed by atoms with Crippen LogP contribution in [-0.2, 0) is 9.59 Å². The van der Waals surface area contributed by atoms with Crippen LogP contribution in [0, 0.1) is 11.8 Å². The van der Waals surface area contributed by atoms with Crippen molar-refractivity contribution >= 4 is 23.6 Å². The third-order valence-corrected chi connectivity index (χ3v) is 3.22. The van der Waals surface area contributed by atoms with E-state index in [-0.39, 0.29) is 18.4 Å². The Morgan fingerprint density at radius 3 is 2.93 bits per heavy atom. The summed E-state index contributed by atoms with van der Waals surface area (Å²) in [6.07, 6.45) is 0.00410. The molecule has 1 fully saturated rings. The molecule has 0 aromatic rings. The highest BCUT2D eigenvalue weighted by Gasteiger charge is 2.27. The molecule has 0 radical (unpaired) electrons. The highest BCUT2D eigenvalue weighted by Crippen LogP contribution is 2.18. The number of thioether (sulfide) groups is 1. The first-order valence-corrected chi connectivity index (χ1v) is 5.83. The molecule has 1 heterocycles. The van der Waals surface area contributed by atoms with Crippen molar-refractivity contribution in [2.75, 3.05) is 18.1 Å². The molecule has 1 rings (SSSR count). The molecule has 1 aliphatic rings. The Morgan fingerprint density at radius 1 is 1.60 bits per heavy atom. The fourth-order valence-electron chi connectivity index (χ4n) is 1.47. The van der Waals surface area contributed by atoms with Crippen LogP contribution in [0.25, 0.3) is 0 Å². The normalized spacial score (nSPS) is 20.3. The number of nitrogens with zero attached hydrogens (tertiary/aromatic N) is 1. The van der Waals surface area contributed by atoms with Gasteiger partial charge >= 0.3 is 5.97 Å². The van der Waals surface area contributed by atoms with Gasteiger partial charge in [-0.25, -0.2) is 0 Å². The average molecular weight is 227 g/mol. The molecule has 5 heteroatoms. The first kappa shape index (κ1) is 11.9. The van der Waals surface area contributed by atoms with Crippen LogP contribution in [0.3, 0.4) is 0 Å². The molecule has 1 amide bonds. The monoisotopic (exact) mass is 227 g/mol. The Hall–Kier alpha value is -1.15. The maximum atomic E-state index is 11.5. The Labute approximate surface area is 93.0 Å². The van der Waals surface area contributed by atoms with Crippen LogP contribution in [0.5, 0.6) is 0 Å². The first-order valence-electron chi connectivity index (χ1n) is 4.68. The van der Waals surface area contributed by atoms with E-state index in [0.29, 0.717) is 12.3 Å². The summed E-state index contributed by atoms with van der Waals surface area (Å²) in [6.45, 7) is 2.19. The lowest BCUT2D eigenvalue weighted by atomic mass is 10.2. The van der Waals surface area contributed by atoms with E-state index in [2.05, 4.69) is 11.8 Å². The molecular weight excluding hydrogens is 214 g/mol. The van der Waals surface area contributed by atoms with Gasteiger partial charge in [0.25, 0.3) is 5.91 Å². The van der Waals surface area contributed by atoms with Gasteiger partial charge in [-0.2, -0.15) is 11.8 Å². The molecule has 1 N–H and O–H groups in total. The fraction of sp³-hybridized carbons (Fsp3) is 0.600. The number of carbonyl (C=O) groups is 2. The summed E-state index contributed by atoms with van der Waals surface area (Å²) in [7, 11) is 0. The molecule has 82 valence electrons. The predicted octanol–water partition coefficient (Wildman–Crippen LogP) is 0.428. The highest BCUT2D eigenvalue weighted by molar-refractivity contribution is 7.99. The van der Waals surface area contributed by atoms with Crippen molar-refractivity contribution in [3.05, 3.63) is 0 Å².